The number of nitrogens with one attached hydrogen (secondary N) is 1. The Kier molecular flexibility index (Phi) is 4.83. The molecule has 0 saturated carbocycles. The minimum atomic E-state index is 0.0414. The molecule has 120 valence electrons. The largest absolute Gasteiger partial charge is 0.467 e. The molecule has 1 saturated heterocycles. The molecule has 0 radical (unpaired) electrons. The summed E-state index contributed by atoms with van der Waals surface area (Å²) in [4.78, 5) is 22.7. The van der Waals surface area contributed by atoms with Crippen LogP contribution >= 0.6 is 0 Å². The lowest BCUT2D eigenvalue weighted by Crippen LogP contribution is -2.30. The van der Waals surface area contributed by atoms with E-state index in [2.05, 4.69) is 32.3 Å². The lowest BCUT2D eigenvalue weighted by Gasteiger charge is -2.29. The zero-order valence-corrected chi connectivity index (χ0v) is 13.1. The Labute approximate surface area is 135 Å². The van der Waals surface area contributed by atoms with Gasteiger partial charge in [-0.3, -0.25) is 9.69 Å². The highest BCUT2D eigenvalue weighted by Crippen LogP contribution is 2.27. The van der Waals surface area contributed by atoms with E-state index in [1.807, 2.05) is 24.3 Å². The third-order valence-corrected chi connectivity index (χ3v) is 3.96. The van der Waals surface area contributed by atoms with Gasteiger partial charge in [0.1, 0.15) is 0 Å². The van der Waals surface area contributed by atoms with Crippen LogP contribution < -0.4 is 10.1 Å². The van der Waals surface area contributed by atoms with Crippen LogP contribution in [0.3, 0.4) is 0 Å². The average molecular weight is 312 g/mol. The van der Waals surface area contributed by atoms with Gasteiger partial charge in [-0.2, -0.15) is 4.98 Å². The Morgan fingerprint density at radius 2 is 2.13 bits per heavy atom. The molecular weight excluding hydrogens is 292 g/mol. The van der Waals surface area contributed by atoms with Crippen LogP contribution in [-0.2, 0) is 11.3 Å². The maximum atomic E-state index is 12.0. The molecule has 0 bridgehead atoms. The van der Waals surface area contributed by atoms with Crippen LogP contribution in [0, 0.1) is 0 Å². The van der Waals surface area contributed by atoms with E-state index in [9.17, 15) is 4.79 Å². The van der Waals surface area contributed by atoms with Gasteiger partial charge in [-0.1, -0.05) is 30.3 Å². The number of hydrogen-bond donors (Lipinski definition) is 1. The summed E-state index contributed by atoms with van der Waals surface area (Å²) < 4.78 is 5.09. The van der Waals surface area contributed by atoms with Gasteiger partial charge in [0.05, 0.1) is 12.8 Å². The Morgan fingerprint density at radius 1 is 1.30 bits per heavy atom. The Balaban J connectivity index is 1.85. The molecule has 1 aliphatic heterocycles. The maximum Gasteiger partial charge on any atom is 0.316 e. The van der Waals surface area contributed by atoms with Crippen molar-refractivity contribution in [2.45, 2.75) is 19.0 Å². The van der Waals surface area contributed by atoms with Crippen molar-refractivity contribution < 1.29 is 9.53 Å². The van der Waals surface area contributed by atoms with Gasteiger partial charge in [0, 0.05) is 38.3 Å². The number of ether oxygens (including phenoxy) is 1. The van der Waals surface area contributed by atoms with Crippen molar-refractivity contribution in [3.63, 3.8) is 0 Å². The maximum absolute atomic E-state index is 12.0. The van der Waals surface area contributed by atoms with Crippen molar-refractivity contribution in [1.82, 2.24) is 20.2 Å². The topological polar surface area (TPSA) is 67.3 Å². The van der Waals surface area contributed by atoms with Crippen LogP contribution in [0.5, 0.6) is 6.01 Å². The van der Waals surface area contributed by atoms with Gasteiger partial charge in [-0.25, -0.2) is 4.98 Å². The third kappa shape index (κ3) is 3.84. The molecule has 1 atom stereocenters. The van der Waals surface area contributed by atoms with E-state index in [0.717, 1.165) is 17.8 Å². The SMILES string of the molecule is COc1nccc(CN2CCNC(=O)CC2c2ccccc2)n1. The molecule has 1 aromatic heterocycles. The van der Waals surface area contributed by atoms with Gasteiger partial charge in [-0.05, 0) is 11.6 Å². The summed E-state index contributed by atoms with van der Waals surface area (Å²) in [7, 11) is 1.56. The summed E-state index contributed by atoms with van der Waals surface area (Å²) in [5, 5.41) is 2.94. The lowest BCUT2D eigenvalue weighted by atomic mass is 10.0. The summed E-state index contributed by atoms with van der Waals surface area (Å²) >= 11 is 0. The van der Waals surface area contributed by atoms with E-state index in [-0.39, 0.29) is 11.9 Å². The summed E-state index contributed by atoms with van der Waals surface area (Å²) in [5.74, 6) is 0.0848. The molecule has 2 heterocycles. The van der Waals surface area contributed by atoms with Crippen molar-refractivity contribution in [2.24, 2.45) is 0 Å². The van der Waals surface area contributed by atoms with E-state index < -0.39 is 0 Å². The van der Waals surface area contributed by atoms with Crippen LogP contribution in [0.25, 0.3) is 0 Å². The number of amides is 1. The first-order valence-electron chi connectivity index (χ1n) is 7.68. The van der Waals surface area contributed by atoms with Gasteiger partial charge in [0.2, 0.25) is 5.91 Å². The second-order valence-electron chi connectivity index (χ2n) is 5.49. The quantitative estimate of drug-likeness (QED) is 0.928. The van der Waals surface area contributed by atoms with Crippen molar-refractivity contribution in [3.8, 4) is 6.01 Å². The first-order valence-corrected chi connectivity index (χ1v) is 7.68. The van der Waals surface area contributed by atoms with Crippen LogP contribution in [0.4, 0.5) is 0 Å². The van der Waals surface area contributed by atoms with Gasteiger partial charge < -0.3 is 10.1 Å². The molecule has 3 rings (SSSR count). The molecule has 6 nitrogen and oxygen atoms in total. The fourth-order valence-corrected chi connectivity index (χ4v) is 2.84. The predicted octanol–water partition coefficient (Wildman–Crippen LogP) is 1.55. The molecule has 1 fully saturated rings. The standard InChI is InChI=1S/C17H20N4O2/c1-23-17-19-8-7-14(20-17)12-21-10-9-18-16(22)11-15(21)13-5-3-2-4-6-13/h2-8,15H,9-12H2,1H3,(H,18,22). The summed E-state index contributed by atoms with van der Waals surface area (Å²) in [5.41, 5.74) is 2.03. The zero-order valence-electron chi connectivity index (χ0n) is 13.1. The number of aromatic nitrogens is 2. The molecule has 1 N–H and O–H groups in total. The van der Waals surface area contributed by atoms with Crippen LogP contribution in [0.2, 0.25) is 0 Å². The molecule has 1 amide bonds. The van der Waals surface area contributed by atoms with Gasteiger partial charge in [0.15, 0.2) is 0 Å². The average Bonchev–Trinajstić information content (AvgIpc) is 2.77. The number of carbonyl (C=O) groups excluding carboxylic acids is 1. The molecule has 23 heavy (non-hydrogen) atoms. The molecule has 1 aromatic carbocycles. The normalized spacial score (nSPS) is 19.0. The molecule has 0 aliphatic carbocycles. The third-order valence-electron chi connectivity index (χ3n) is 3.96. The highest BCUT2D eigenvalue weighted by molar-refractivity contribution is 5.77. The predicted molar refractivity (Wildman–Crippen MR) is 85.8 cm³/mol. The lowest BCUT2D eigenvalue weighted by molar-refractivity contribution is -0.121. The molecule has 1 unspecified atom stereocenters. The second-order valence-corrected chi connectivity index (χ2v) is 5.49. The Hall–Kier alpha value is -2.47. The highest BCUT2D eigenvalue weighted by atomic mass is 16.5. The zero-order chi connectivity index (χ0) is 16.1. The fraction of sp³-hybridized carbons (Fsp3) is 0.353. The molecule has 6 heteroatoms. The summed E-state index contributed by atoms with van der Waals surface area (Å²) in [6, 6.07) is 12.4. The monoisotopic (exact) mass is 312 g/mol. The second kappa shape index (κ2) is 7.19. The van der Waals surface area contributed by atoms with Gasteiger partial charge >= 0.3 is 6.01 Å². The molecule has 1 aliphatic rings. The highest BCUT2D eigenvalue weighted by Gasteiger charge is 2.26. The first-order chi connectivity index (χ1) is 11.3. The van der Waals surface area contributed by atoms with Gasteiger partial charge in [-0.15, -0.1) is 0 Å². The minimum Gasteiger partial charge on any atom is -0.467 e. The smallest absolute Gasteiger partial charge is 0.316 e. The van der Waals surface area contributed by atoms with Crippen LogP contribution in [0.15, 0.2) is 42.6 Å². The van der Waals surface area contributed by atoms with Crippen LogP contribution in [-0.4, -0.2) is 41.0 Å². The Morgan fingerprint density at radius 3 is 2.91 bits per heavy atom. The van der Waals surface area contributed by atoms with Crippen molar-refractivity contribution in [3.05, 3.63) is 53.9 Å². The number of methoxy groups -OCH3 is 1. The number of hydrogen-bond acceptors (Lipinski definition) is 5. The number of carbonyl (C=O) groups is 1. The van der Waals surface area contributed by atoms with E-state index in [1.165, 1.54) is 0 Å². The van der Waals surface area contributed by atoms with Crippen molar-refractivity contribution >= 4 is 5.91 Å². The summed E-state index contributed by atoms with van der Waals surface area (Å²) in [6.07, 6.45) is 2.14. The molecule has 0 spiro atoms. The van der Waals surface area contributed by atoms with E-state index in [0.29, 0.717) is 25.5 Å². The first kappa shape index (κ1) is 15.4. The summed E-state index contributed by atoms with van der Waals surface area (Å²) in [6.45, 7) is 2.06. The van der Waals surface area contributed by atoms with Crippen molar-refractivity contribution in [2.75, 3.05) is 20.2 Å². The van der Waals surface area contributed by atoms with Gasteiger partial charge in [0.25, 0.3) is 0 Å². The molecule has 2 aromatic rings. The number of nitrogens with zero attached hydrogens (tertiary/aromatic N) is 3. The van der Waals surface area contributed by atoms with Crippen molar-refractivity contribution in [1.29, 1.82) is 0 Å². The van der Waals surface area contributed by atoms with E-state index >= 15 is 0 Å². The number of benzene rings is 1. The van der Waals surface area contributed by atoms with E-state index in [1.54, 1.807) is 13.3 Å². The fourth-order valence-electron chi connectivity index (χ4n) is 2.84. The molecular formula is C17H20N4O2. The minimum absolute atomic E-state index is 0.0414. The Bertz CT molecular complexity index is 663. The van der Waals surface area contributed by atoms with E-state index in [4.69, 9.17) is 4.74 Å². The van der Waals surface area contributed by atoms with Crippen LogP contribution in [0.1, 0.15) is 23.7 Å². The number of rotatable bonds is 4.